The second kappa shape index (κ2) is 6.48. The van der Waals surface area contributed by atoms with Crippen LogP contribution in [0.4, 0.5) is 4.39 Å². The summed E-state index contributed by atoms with van der Waals surface area (Å²) in [5.74, 6) is 0.744. The highest BCUT2D eigenvalue weighted by atomic mass is 19.1. The van der Waals surface area contributed by atoms with E-state index >= 15 is 0 Å². The second-order valence-electron chi connectivity index (χ2n) is 7.94. The zero-order valence-corrected chi connectivity index (χ0v) is 14.0. The Labute approximate surface area is 129 Å². The normalized spacial score (nSPS) is 26.8. The fourth-order valence-corrected chi connectivity index (χ4v) is 3.93. The lowest BCUT2D eigenvalue weighted by Gasteiger charge is -2.44. The van der Waals surface area contributed by atoms with E-state index in [2.05, 4.69) is 26.1 Å². The van der Waals surface area contributed by atoms with Crippen LogP contribution in [0.15, 0.2) is 24.3 Å². The van der Waals surface area contributed by atoms with E-state index in [0.29, 0.717) is 5.41 Å². The Balaban J connectivity index is 2.11. The third kappa shape index (κ3) is 4.06. The number of hydrogen-bond acceptors (Lipinski definition) is 1. The highest BCUT2D eigenvalue weighted by molar-refractivity contribution is 5.19. The summed E-state index contributed by atoms with van der Waals surface area (Å²) < 4.78 is 14.0. The van der Waals surface area contributed by atoms with E-state index in [0.717, 1.165) is 24.4 Å². The third-order valence-electron chi connectivity index (χ3n) is 5.35. The van der Waals surface area contributed by atoms with Crippen molar-refractivity contribution in [2.45, 2.75) is 52.9 Å². The summed E-state index contributed by atoms with van der Waals surface area (Å²) in [5.41, 5.74) is 1.49. The highest BCUT2D eigenvalue weighted by Crippen LogP contribution is 2.46. The van der Waals surface area contributed by atoms with E-state index in [1.807, 2.05) is 19.2 Å². The number of hydrogen-bond donors (Lipinski definition) is 1. The molecule has 1 N–H and O–H groups in total. The fourth-order valence-electron chi connectivity index (χ4n) is 3.93. The molecule has 0 aliphatic heterocycles. The van der Waals surface area contributed by atoms with E-state index in [-0.39, 0.29) is 11.2 Å². The summed E-state index contributed by atoms with van der Waals surface area (Å²) in [6.07, 6.45) is 5.78. The first-order valence-corrected chi connectivity index (χ1v) is 8.24. The molecule has 1 aromatic rings. The number of benzene rings is 1. The number of halogens is 1. The quantitative estimate of drug-likeness (QED) is 0.839. The Morgan fingerprint density at radius 3 is 2.33 bits per heavy atom. The lowest BCUT2D eigenvalue weighted by atomic mass is 9.62. The SMILES string of the molecule is CNCC1(Cc2ccccc2F)CCC(C(C)(C)C)CC1. The van der Waals surface area contributed by atoms with Gasteiger partial charge in [0.05, 0.1) is 0 Å². The van der Waals surface area contributed by atoms with Crippen molar-refractivity contribution >= 4 is 0 Å². The molecule has 118 valence electrons. The van der Waals surface area contributed by atoms with Crippen LogP contribution in [-0.2, 0) is 6.42 Å². The van der Waals surface area contributed by atoms with Gasteiger partial charge in [0, 0.05) is 6.54 Å². The molecule has 2 heteroatoms. The van der Waals surface area contributed by atoms with Crippen LogP contribution in [0.5, 0.6) is 0 Å². The maximum absolute atomic E-state index is 14.0. The first kappa shape index (κ1) is 16.5. The zero-order valence-electron chi connectivity index (χ0n) is 14.0. The van der Waals surface area contributed by atoms with Gasteiger partial charge < -0.3 is 5.32 Å². The van der Waals surface area contributed by atoms with Gasteiger partial charge >= 0.3 is 0 Å². The van der Waals surface area contributed by atoms with Crippen LogP contribution in [-0.4, -0.2) is 13.6 Å². The summed E-state index contributed by atoms with van der Waals surface area (Å²) in [6.45, 7) is 8.02. The molecule has 1 aliphatic carbocycles. The summed E-state index contributed by atoms with van der Waals surface area (Å²) in [5, 5.41) is 3.35. The largest absolute Gasteiger partial charge is 0.319 e. The molecule has 2 rings (SSSR count). The molecule has 1 saturated carbocycles. The maximum atomic E-state index is 14.0. The minimum Gasteiger partial charge on any atom is -0.319 e. The van der Waals surface area contributed by atoms with Crippen molar-refractivity contribution in [3.05, 3.63) is 35.6 Å². The molecule has 1 nitrogen and oxygen atoms in total. The van der Waals surface area contributed by atoms with Crippen molar-refractivity contribution in [3.63, 3.8) is 0 Å². The van der Waals surface area contributed by atoms with Gasteiger partial charge in [-0.05, 0) is 67.5 Å². The van der Waals surface area contributed by atoms with Crippen LogP contribution >= 0.6 is 0 Å². The lowest BCUT2D eigenvalue weighted by molar-refractivity contribution is 0.0870. The second-order valence-corrected chi connectivity index (χ2v) is 7.94. The van der Waals surface area contributed by atoms with Crippen LogP contribution < -0.4 is 5.32 Å². The van der Waals surface area contributed by atoms with E-state index in [1.165, 1.54) is 25.7 Å². The van der Waals surface area contributed by atoms with Crippen molar-refractivity contribution in [1.82, 2.24) is 5.32 Å². The first-order valence-electron chi connectivity index (χ1n) is 8.24. The Hall–Kier alpha value is -0.890. The highest BCUT2D eigenvalue weighted by Gasteiger charge is 2.38. The predicted octanol–water partition coefficient (Wildman–Crippen LogP) is 4.81. The molecule has 0 saturated heterocycles. The van der Waals surface area contributed by atoms with Gasteiger partial charge in [0.15, 0.2) is 0 Å². The van der Waals surface area contributed by atoms with E-state index in [4.69, 9.17) is 0 Å². The Morgan fingerprint density at radius 1 is 1.19 bits per heavy atom. The average molecular weight is 291 g/mol. The molecular weight excluding hydrogens is 261 g/mol. The maximum Gasteiger partial charge on any atom is 0.126 e. The van der Waals surface area contributed by atoms with Gasteiger partial charge in [-0.1, -0.05) is 39.0 Å². The average Bonchev–Trinajstić information content (AvgIpc) is 2.41. The Morgan fingerprint density at radius 2 is 1.81 bits per heavy atom. The van der Waals surface area contributed by atoms with E-state index in [1.54, 1.807) is 12.1 Å². The van der Waals surface area contributed by atoms with Gasteiger partial charge in [0.25, 0.3) is 0 Å². The molecular formula is C19H30FN. The Kier molecular flexibility index (Phi) is 5.08. The van der Waals surface area contributed by atoms with E-state index < -0.39 is 0 Å². The monoisotopic (exact) mass is 291 g/mol. The van der Waals surface area contributed by atoms with Gasteiger partial charge in [-0.25, -0.2) is 4.39 Å². The van der Waals surface area contributed by atoms with Gasteiger partial charge in [0.1, 0.15) is 5.82 Å². The molecule has 21 heavy (non-hydrogen) atoms. The van der Waals surface area contributed by atoms with Crippen molar-refractivity contribution < 1.29 is 4.39 Å². The number of rotatable bonds is 4. The third-order valence-corrected chi connectivity index (χ3v) is 5.35. The molecule has 0 aromatic heterocycles. The minimum atomic E-state index is -0.0501. The number of nitrogens with one attached hydrogen (secondary N) is 1. The van der Waals surface area contributed by atoms with Gasteiger partial charge in [-0.2, -0.15) is 0 Å². The van der Waals surface area contributed by atoms with Crippen LogP contribution in [0.25, 0.3) is 0 Å². The predicted molar refractivity (Wildman–Crippen MR) is 87.9 cm³/mol. The molecule has 1 aromatic carbocycles. The molecule has 0 heterocycles. The van der Waals surface area contributed by atoms with Crippen molar-refractivity contribution in [1.29, 1.82) is 0 Å². The lowest BCUT2D eigenvalue weighted by Crippen LogP contribution is -2.40. The first-order chi connectivity index (χ1) is 9.86. The fraction of sp³-hybridized carbons (Fsp3) is 0.684. The van der Waals surface area contributed by atoms with Gasteiger partial charge in [-0.15, -0.1) is 0 Å². The summed E-state index contributed by atoms with van der Waals surface area (Å²) >= 11 is 0. The van der Waals surface area contributed by atoms with Crippen molar-refractivity contribution in [2.24, 2.45) is 16.7 Å². The topological polar surface area (TPSA) is 12.0 Å². The van der Waals surface area contributed by atoms with E-state index in [9.17, 15) is 4.39 Å². The summed E-state index contributed by atoms with van der Waals surface area (Å²) in [6, 6.07) is 7.26. The summed E-state index contributed by atoms with van der Waals surface area (Å²) in [4.78, 5) is 0. The molecule has 0 radical (unpaired) electrons. The standard InChI is InChI=1S/C19H30FN/c1-18(2,3)16-9-11-19(12-10-16,14-21-4)13-15-7-5-6-8-17(15)20/h5-8,16,21H,9-14H2,1-4H3. The van der Waals surface area contributed by atoms with Gasteiger partial charge in [-0.3, -0.25) is 0 Å². The molecule has 1 fully saturated rings. The molecule has 0 amide bonds. The van der Waals surface area contributed by atoms with Crippen LogP contribution in [0.1, 0.15) is 52.0 Å². The van der Waals surface area contributed by atoms with Crippen LogP contribution in [0.2, 0.25) is 0 Å². The van der Waals surface area contributed by atoms with Crippen molar-refractivity contribution in [3.8, 4) is 0 Å². The smallest absolute Gasteiger partial charge is 0.126 e. The van der Waals surface area contributed by atoms with Gasteiger partial charge in [0.2, 0.25) is 0 Å². The van der Waals surface area contributed by atoms with Crippen LogP contribution in [0.3, 0.4) is 0 Å². The zero-order chi connectivity index (χ0) is 15.5. The molecule has 0 unspecified atom stereocenters. The molecule has 0 atom stereocenters. The molecule has 0 spiro atoms. The summed E-state index contributed by atoms with van der Waals surface area (Å²) in [7, 11) is 2.01. The molecule has 0 bridgehead atoms. The molecule has 1 aliphatic rings. The van der Waals surface area contributed by atoms with Crippen molar-refractivity contribution in [2.75, 3.05) is 13.6 Å². The van der Waals surface area contributed by atoms with Crippen LogP contribution in [0, 0.1) is 22.6 Å². The minimum absolute atomic E-state index is 0.0501. The Bertz CT molecular complexity index is 453.